The molecule has 104 valence electrons. The molecule has 0 bridgehead atoms. The number of carbonyl (C=O) groups is 1. The van der Waals surface area contributed by atoms with E-state index in [4.69, 9.17) is 0 Å². The molecule has 1 unspecified atom stereocenters. The van der Waals surface area contributed by atoms with Crippen LogP contribution in [0.5, 0.6) is 0 Å². The summed E-state index contributed by atoms with van der Waals surface area (Å²) in [7, 11) is 0. The lowest BCUT2D eigenvalue weighted by molar-refractivity contribution is -0.116. The number of hydrogen-bond acceptors (Lipinski definition) is 2. The monoisotopic (exact) mass is 272 g/mol. The van der Waals surface area contributed by atoms with Crippen LogP contribution in [0.2, 0.25) is 0 Å². The molecule has 0 spiro atoms. The molecule has 2 N–H and O–H groups in total. The third-order valence-electron chi connectivity index (χ3n) is 2.93. The molecule has 3 nitrogen and oxygen atoms in total. The van der Waals surface area contributed by atoms with Crippen LogP contribution in [0.3, 0.4) is 0 Å². The minimum absolute atomic E-state index is 0.211. The van der Waals surface area contributed by atoms with E-state index in [-0.39, 0.29) is 11.7 Å². The Kier molecular flexibility index (Phi) is 4.35. The molecule has 0 aliphatic rings. The van der Waals surface area contributed by atoms with Gasteiger partial charge in [0, 0.05) is 5.69 Å². The van der Waals surface area contributed by atoms with Gasteiger partial charge in [0.15, 0.2) is 0 Å². The molecule has 0 fully saturated rings. The van der Waals surface area contributed by atoms with Crippen LogP contribution in [0.15, 0.2) is 48.5 Å². The van der Waals surface area contributed by atoms with Crippen LogP contribution in [-0.4, -0.2) is 11.9 Å². The largest absolute Gasteiger partial charge is 0.372 e. The molecule has 4 heteroatoms. The van der Waals surface area contributed by atoms with Crippen molar-refractivity contribution in [1.82, 2.24) is 0 Å². The van der Waals surface area contributed by atoms with Crippen LogP contribution in [0.1, 0.15) is 12.5 Å². The first-order chi connectivity index (χ1) is 9.56. The molecule has 2 aromatic rings. The van der Waals surface area contributed by atoms with Crippen LogP contribution >= 0.6 is 0 Å². The first kappa shape index (κ1) is 14.1. The summed E-state index contributed by atoms with van der Waals surface area (Å²) in [5, 5.41) is 5.66. The van der Waals surface area contributed by atoms with Gasteiger partial charge in [-0.1, -0.05) is 24.3 Å². The Morgan fingerprint density at radius 3 is 2.55 bits per heavy atom. The highest BCUT2D eigenvalue weighted by Crippen LogP contribution is 2.17. The summed E-state index contributed by atoms with van der Waals surface area (Å²) in [5.41, 5.74) is 1.99. The molecule has 1 amide bonds. The van der Waals surface area contributed by atoms with Crippen molar-refractivity contribution in [3.8, 4) is 0 Å². The van der Waals surface area contributed by atoms with E-state index in [1.165, 1.54) is 6.07 Å². The predicted octanol–water partition coefficient (Wildman–Crippen LogP) is 3.57. The molecule has 0 heterocycles. The SMILES string of the molecule is Cc1ccc(F)c(NC(C)C(=O)Nc2ccccc2)c1. The normalized spacial score (nSPS) is 11.8. The van der Waals surface area contributed by atoms with Gasteiger partial charge in [0.2, 0.25) is 5.91 Å². The van der Waals surface area contributed by atoms with Gasteiger partial charge in [0.25, 0.3) is 0 Å². The minimum atomic E-state index is -0.536. The maximum absolute atomic E-state index is 13.6. The Hall–Kier alpha value is -2.36. The molecular weight excluding hydrogens is 255 g/mol. The van der Waals surface area contributed by atoms with Gasteiger partial charge < -0.3 is 10.6 Å². The zero-order chi connectivity index (χ0) is 14.5. The van der Waals surface area contributed by atoms with Crippen LogP contribution in [0, 0.1) is 12.7 Å². The lowest BCUT2D eigenvalue weighted by atomic mass is 10.2. The molecule has 2 aromatic carbocycles. The van der Waals surface area contributed by atoms with Gasteiger partial charge >= 0.3 is 0 Å². The number of nitrogens with one attached hydrogen (secondary N) is 2. The highest BCUT2D eigenvalue weighted by atomic mass is 19.1. The Balaban J connectivity index is 2.02. The summed E-state index contributed by atoms with van der Waals surface area (Å²) in [4.78, 5) is 12.0. The zero-order valence-electron chi connectivity index (χ0n) is 11.5. The number of anilines is 2. The number of rotatable bonds is 4. The van der Waals surface area contributed by atoms with E-state index >= 15 is 0 Å². The summed E-state index contributed by atoms with van der Waals surface area (Å²) in [6, 6.07) is 13.4. The number of amides is 1. The second kappa shape index (κ2) is 6.19. The van der Waals surface area contributed by atoms with Crippen molar-refractivity contribution < 1.29 is 9.18 Å². The predicted molar refractivity (Wildman–Crippen MR) is 79.3 cm³/mol. The number of carbonyl (C=O) groups excluding carboxylic acids is 1. The number of halogens is 1. The smallest absolute Gasteiger partial charge is 0.246 e. The summed E-state index contributed by atoms with van der Waals surface area (Å²) >= 11 is 0. The summed E-state index contributed by atoms with van der Waals surface area (Å²) in [6.07, 6.45) is 0. The van der Waals surface area contributed by atoms with Crippen molar-refractivity contribution in [1.29, 1.82) is 0 Å². The minimum Gasteiger partial charge on any atom is -0.372 e. The van der Waals surface area contributed by atoms with Crippen molar-refractivity contribution >= 4 is 17.3 Å². The highest BCUT2D eigenvalue weighted by Gasteiger charge is 2.14. The molecule has 1 atom stereocenters. The standard InChI is InChI=1S/C16H17FN2O/c1-11-8-9-14(17)15(10-11)18-12(2)16(20)19-13-6-4-3-5-7-13/h3-10,12,18H,1-2H3,(H,19,20). The summed E-state index contributed by atoms with van der Waals surface area (Å²) in [5.74, 6) is -0.577. The highest BCUT2D eigenvalue weighted by molar-refractivity contribution is 5.96. The van der Waals surface area contributed by atoms with Crippen LogP contribution in [-0.2, 0) is 4.79 Å². The average Bonchev–Trinajstić information content (AvgIpc) is 2.44. The van der Waals surface area contributed by atoms with Gasteiger partial charge in [-0.15, -0.1) is 0 Å². The molecule has 0 saturated carbocycles. The van der Waals surface area contributed by atoms with E-state index in [0.29, 0.717) is 5.69 Å². The molecule has 0 radical (unpaired) electrons. The third kappa shape index (κ3) is 3.57. The molecule has 0 aliphatic heterocycles. The molecule has 20 heavy (non-hydrogen) atoms. The van der Waals surface area contributed by atoms with Crippen molar-refractivity contribution in [3.05, 3.63) is 59.9 Å². The fourth-order valence-corrected chi connectivity index (χ4v) is 1.82. The van der Waals surface area contributed by atoms with E-state index in [1.807, 2.05) is 25.1 Å². The van der Waals surface area contributed by atoms with E-state index < -0.39 is 6.04 Å². The van der Waals surface area contributed by atoms with Crippen molar-refractivity contribution in [2.45, 2.75) is 19.9 Å². The quantitative estimate of drug-likeness (QED) is 0.893. The number of hydrogen-bond donors (Lipinski definition) is 2. The van der Waals surface area contributed by atoms with Crippen molar-refractivity contribution in [2.24, 2.45) is 0 Å². The van der Waals surface area contributed by atoms with Gasteiger partial charge in [0.05, 0.1) is 5.69 Å². The van der Waals surface area contributed by atoms with E-state index in [2.05, 4.69) is 10.6 Å². The summed E-state index contributed by atoms with van der Waals surface area (Å²) in [6.45, 7) is 3.57. The Labute approximate surface area is 117 Å². The first-order valence-electron chi connectivity index (χ1n) is 6.45. The zero-order valence-corrected chi connectivity index (χ0v) is 11.5. The lowest BCUT2D eigenvalue weighted by Gasteiger charge is -2.16. The molecular formula is C16H17FN2O. The Morgan fingerprint density at radius 2 is 1.85 bits per heavy atom. The van der Waals surface area contributed by atoms with Gasteiger partial charge in [0.1, 0.15) is 11.9 Å². The Morgan fingerprint density at radius 1 is 1.15 bits per heavy atom. The van der Waals surface area contributed by atoms with E-state index in [1.54, 1.807) is 31.2 Å². The number of aryl methyl sites for hydroxylation is 1. The topological polar surface area (TPSA) is 41.1 Å². The lowest BCUT2D eigenvalue weighted by Crippen LogP contribution is -2.32. The maximum Gasteiger partial charge on any atom is 0.246 e. The number of para-hydroxylation sites is 1. The first-order valence-corrected chi connectivity index (χ1v) is 6.45. The Bertz CT molecular complexity index is 599. The molecule has 2 rings (SSSR count). The number of benzene rings is 2. The van der Waals surface area contributed by atoms with E-state index in [0.717, 1.165) is 11.3 Å². The second-order valence-electron chi connectivity index (χ2n) is 4.70. The molecule has 0 saturated heterocycles. The average molecular weight is 272 g/mol. The van der Waals surface area contributed by atoms with Crippen molar-refractivity contribution in [3.63, 3.8) is 0 Å². The molecule has 0 aliphatic carbocycles. The maximum atomic E-state index is 13.6. The van der Waals surface area contributed by atoms with Gasteiger partial charge in [-0.05, 0) is 43.7 Å². The summed E-state index contributed by atoms with van der Waals surface area (Å²) < 4.78 is 13.6. The fourth-order valence-electron chi connectivity index (χ4n) is 1.82. The van der Waals surface area contributed by atoms with E-state index in [9.17, 15) is 9.18 Å². The van der Waals surface area contributed by atoms with Crippen LogP contribution in [0.25, 0.3) is 0 Å². The third-order valence-corrected chi connectivity index (χ3v) is 2.93. The van der Waals surface area contributed by atoms with Crippen molar-refractivity contribution in [2.75, 3.05) is 10.6 Å². The fraction of sp³-hybridized carbons (Fsp3) is 0.188. The van der Waals surface area contributed by atoms with Crippen LogP contribution < -0.4 is 10.6 Å². The molecule has 0 aromatic heterocycles. The van der Waals surface area contributed by atoms with Crippen LogP contribution in [0.4, 0.5) is 15.8 Å². The van der Waals surface area contributed by atoms with Gasteiger partial charge in [-0.3, -0.25) is 4.79 Å². The van der Waals surface area contributed by atoms with Gasteiger partial charge in [-0.25, -0.2) is 4.39 Å². The second-order valence-corrected chi connectivity index (χ2v) is 4.70. The van der Waals surface area contributed by atoms with Gasteiger partial charge in [-0.2, -0.15) is 0 Å².